The Bertz CT molecular complexity index is 1170. The third-order valence-corrected chi connectivity index (χ3v) is 7.83. The van der Waals surface area contributed by atoms with Gasteiger partial charge in [0.2, 0.25) is 5.91 Å². The first kappa shape index (κ1) is 19.0. The van der Waals surface area contributed by atoms with Crippen LogP contribution in [-0.2, 0) is 16.1 Å². The predicted molar refractivity (Wildman–Crippen MR) is 119 cm³/mol. The predicted octanol–water partition coefficient (Wildman–Crippen LogP) is 4.68. The molecule has 0 spiro atoms. The largest absolute Gasteiger partial charge is 0.340 e. The molecule has 1 heterocycles. The van der Waals surface area contributed by atoms with Gasteiger partial charge in [0, 0.05) is 46.1 Å². The van der Waals surface area contributed by atoms with Crippen molar-refractivity contribution < 1.29 is 9.59 Å². The smallest absolute Gasteiger partial charge is 0.241 e. The number of aromatic nitrogens is 1. The molecule has 5 rings (SSSR count). The van der Waals surface area contributed by atoms with Gasteiger partial charge in [-0.1, -0.05) is 57.2 Å². The van der Waals surface area contributed by atoms with Gasteiger partial charge in [0.25, 0.3) is 0 Å². The molecule has 2 aliphatic carbocycles. The molecule has 2 aromatic carbocycles. The molecule has 0 unspecified atom stereocenters. The van der Waals surface area contributed by atoms with Crippen LogP contribution in [0.4, 0.5) is 0 Å². The van der Waals surface area contributed by atoms with Crippen LogP contribution in [0.3, 0.4) is 0 Å². The maximum absolute atomic E-state index is 12.8. The molecule has 30 heavy (non-hydrogen) atoms. The van der Waals surface area contributed by atoms with E-state index in [4.69, 9.17) is 0 Å². The lowest BCUT2D eigenvalue weighted by Crippen LogP contribution is -2.36. The van der Waals surface area contributed by atoms with Gasteiger partial charge in [-0.15, -0.1) is 0 Å². The standard InChI is InChI=1S/C25H27N3O2/c1-24(2)18-12-14-25(24,3)23(22(18)30)27-26-21(29)13-15-28-19-10-6-4-8-16(19)17-9-5-7-11-20(17)28/h4-11,18H,12-15H2,1-3H3,(H,26,29)/b27-23-/t18-,25+/m0/s1. The minimum atomic E-state index is -0.255. The highest BCUT2D eigenvalue weighted by atomic mass is 16.2. The van der Waals surface area contributed by atoms with Gasteiger partial charge in [0.05, 0.1) is 0 Å². The van der Waals surface area contributed by atoms with Gasteiger partial charge in [-0.05, 0) is 30.4 Å². The van der Waals surface area contributed by atoms with E-state index in [9.17, 15) is 9.59 Å². The van der Waals surface area contributed by atoms with Crippen LogP contribution in [0.25, 0.3) is 21.8 Å². The maximum Gasteiger partial charge on any atom is 0.241 e. The summed E-state index contributed by atoms with van der Waals surface area (Å²) in [6, 6.07) is 16.5. The highest BCUT2D eigenvalue weighted by molar-refractivity contribution is 6.45. The van der Waals surface area contributed by atoms with E-state index < -0.39 is 0 Å². The Morgan fingerprint density at radius 3 is 2.23 bits per heavy atom. The van der Waals surface area contributed by atoms with Crippen molar-refractivity contribution >= 4 is 39.2 Å². The fraction of sp³-hybridized carbons (Fsp3) is 0.400. The molecule has 1 N–H and O–H groups in total. The second-order valence-corrected chi connectivity index (χ2v) is 9.44. The number of nitrogens with zero attached hydrogens (tertiary/aromatic N) is 2. The summed E-state index contributed by atoms with van der Waals surface area (Å²) in [6.45, 7) is 6.97. The molecule has 1 aromatic heterocycles. The van der Waals surface area contributed by atoms with E-state index in [1.807, 2.05) is 24.3 Å². The number of para-hydroxylation sites is 2. The number of rotatable bonds is 4. The number of fused-ring (bicyclic) bond motifs is 5. The van der Waals surface area contributed by atoms with Crippen molar-refractivity contribution in [3.05, 3.63) is 48.5 Å². The molecule has 5 heteroatoms. The summed E-state index contributed by atoms with van der Waals surface area (Å²) in [7, 11) is 0. The number of hydrazone groups is 1. The molecule has 1 amide bonds. The van der Waals surface area contributed by atoms with E-state index in [0.717, 1.165) is 23.9 Å². The molecule has 0 aliphatic heterocycles. The average Bonchev–Trinajstić information content (AvgIpc) is 3.22. The number of ketones is 1. The van der Waals surface area contributed by atoms with Crippen LogP contribution in [0, 0.1) is 16.7 Å². The number of nitrogens with one attached hydrogen (secondary N) is 1. The van der Waals surface area contributed by atoms with Gasteiger partial charge in [0.1, 0.15) is 5.71 Å². The summed E-state index contributed by atoms with van der Waals surface area (Å²) >= 11 is 0. The van der Waals surface area contributed by atoms with Crippen LogP contribution >= 0.6 is 0 Å². The lowest BCUT2D eigenvalue weighted by atomic mass is 9.70. The Morgan fingerprint density at radius 1 is 1.07 bits per heavy atom. The highest BCUT2D eigenvalue weighted by Crippen LogP contribution is 2.62. The Kier molecular flexibility index (Phi) is 4.14. The average molecular weight is 402 g/mol. The first-order chi connectivity index (χ1) is 14.3. The van der Waals surface area contributed by atoms with Crippen molar-refractivity contribution in [3.8, 4) is 0 Å². The normalized spacial score (nSPS) is 26.2. The van der Waals surface area contributed by atoms with Crippen LogP contribution in [0.2, 0.25) is 0 Å². The quantitative estimate of drug-likeness (QED) is 0.645. The number of aryl methyl sites for hydroxylation is 1. The molecule has 5 nitrogen and oxygen atoms in total. The molecule has 0 saturated heterocycles. The molecule has 154 valence electrons. The number of amides is 1. The Balaban J connectivity index is 1.35. The SMILES string of the molecule is CC1(C)[C@H]2CC[C@]1(C)/C(=N\NC(=O)CCn1c3ccccc3c3ccccc31)C2=O. The molecule has 2 fully saturated rings. The zero-order chi connectivity index (χ0) is 21.1. The van der Waals surface area contributed by atoms with Crippen molar-refractivity contribution in [1.82, 2.24) is 9.99 Å². The highest BCUT2D eigenvalue weighted by Gasteiger charge is 2.65. The van der Waals surface area contributed by atoms with Gasteiger partial charge in [0.15, 0.2) is 5.78 Å². The Hall–Kier alpha value is -2.95. The minimum Gasteiger partial charge on any atom is -0.340 e. The summed E-state index contributed by atoms with van der Waals surface area (Å²) in [5.41, 5.74) is 5.11. The molecular formula is C25H27N3O2. The fourth-order valence-corrected chi connectivity index (χ4v) is 5.63. The van der Waals surface area contributed by atoms with Gasteiger partial charge >= 0.3 is 0 Å². The number of carbonyl (C=O) groups excluding carboxylic acids is 2. The van der Waals surface area contributed by atoms with Crippen molar-refractivity contribution in [2.75, 3.05) is 0 Å². The van der Waals surface area contributed by atoms with E-state index in [2.05, 4.69) is 60.1 Å². The third kappa shape index (κ3) is 2.51. The first-order valence-electron chi connectivity index (χ1n) is 10.7. The summed E-state index contributed by atoms with van der Waals surface area (Å²) in [5.74, 6) is -0.0338. The maximum atomic E-state index is 12.8. The lowest BCUT2D eigenvalue weighted by Gasteiger charge is -2.33. The number of Topliss-reactive ketones (excluding diaryl/α,β-unsaturated/α-hetero) is 1. The van der Waals surface area contributed by atoms with Gasteiger partial charge in [-0.2, -0.15) is 5.10 Å². The van der Waals surface area contributed by atoms with Crippen molar-refractivity contribution in [1.29, 1.82) is 0 Å². The van der Waals surface area contributed by atoms with Crippen LogP contribution in [-0.4, -0.2) is 22.0 Å². The van der Waals surface area contributed by atoms with Gasteiger partial charge in [-0.25, -0.2) is 5.43 Å². The molecule has 3 aromatic rings. The monoisotopic (exact) mass is 401 g/mol. The van der Waals surface area contributed by atoms with E-state index in [1.165, 1.54) is 10.8 Å². The molecule has 0 radical (unpaired) electrons. The van der Waals surface area contributed by atoms with E-state index in [1.54, 1.807) is 0 Å². The fourth-order valence-electron chi connectivity index (χ4n) is 5.63. The number of carbonyl (C=O) groups is 2. The van der Waals surface area contributed by atoms with Gasteiger partial charge < -0.3 is 4.57 Å². The van der Waals surface area contributed by atoms with Crippen LogP contribution in [0.15, 0.2) is 53.6 Å². The van der Waals surface area contributed by atoms with Crippen molar-refractivity contribution in [2.45, 2.75) is 46.6 Å². The first-order valence-corrected chi connectivity index (χ1v) is 10.7. The van der Waals surface area contributed by atoms with Crippen molar-refractivity contribution in [3.63, 3.8) is 0 Å². The molecule has 2 bridgehead atoms. The molecule has 2 saturated carbocycles. The lowest BCUT2D eigenvalue weighted by molar-refractivity contribution is -0.121. The summed E-state index contributed by atoms with van der Waals surface area (Å²) in [5, 5.41) is 6.72. The van der Waals surface area contributed by atoms with E-state index >= 15 is 0 Å². The van der Waals surface area contributed by atoms with Crippen molar-refractivity contribution in [2.24, 2.45) is 21.8 Å². The summed E-state index contributed by atoms with van der Waals surface area (Å²) in [6.07, 6.45) is 2.17. The number of benzene rings is 2. The van der Waals surface area contributed by atoms with Crippen LogP contribution in [0.5, 0.6) is 0 Å². The topological polar surface area (TPSA) is 63.5 Å². The zero-order valence-electron chi connectivity index (χ0n) is 17.7. The Morgan fingerprint density at radius 2 is 1.67 bits per heavy atom. The summed E-state index contributed by atoms with van der Waals surface area (Å²) < 4.78 is 2.19. The van der Waals surface area contributed by atoms with Gasteiger partial charge in [-0.3, -0.25) is 9.59 Å². The second kappa shape index (κ2) is 6.53. The van der Waals surface area contributed by atoms with Crippen LogP contribution in [0.1, 0.15) is 40.0 Å². The zero-order valence-corrected chi connectivity index (χ0v) is 17.7. The van der Waals surface area contributed by atoms with E-state index in [-0.39, 0.29) is 28.4 Å². The Labute approximate surface area is 176 Å². The summed E-state index contributed by atoms with van der Waals surface area (Å²) in [4.78, 5) is 25.4. The third-order valence-electron chi connectivity index (χ3n) is 7.83. The number of hydrogen-bond donors (Lipinski definition) is 1. The minimum absolute atomic E-state index is 0.0238. The molecular weight excluding hydrogens is 374 g/mol. The molecule has 2 aliphatic rings. The second-order valence-electron chi connectivity index (χ2n) is 9.44. The molecule has 2 atom stereocenters. The van der Waals surface area contributed by atoms with Crippen LogP contribution < -0.4 is 5.43 Å². The number of hydrogen-bond acceptors (Lipinski definition) is 3. The van der Waals surface area contributed by atoms with E-state index in [0.29, 0.717) is 18.7 Å².